The van der Waals surface area contributed by atoms with Crippen LogP contribution >= 0.6 is 34.2 Å². The summed E-state index contributed by atoms with van der Waals surface area (Å²) in [6, 6.07) is 3.77. The number of hydrogen-bond acceptors (Lipinski definition) is 3. The number of nitrogens with one attached hydrogen (secondary N) is 2. The molecule has 0 radical (unpaired) electrons. The van der Waals surface area contributed by atoms with E-state index < -0.39 is 14.8 Å². The van der Waals surface area contributed by atoms with Crippen LogP contribution in [0, 0.1) is 3.57 Å². The molecule has 0 unspecified atom stereocenters. The van der Waals surface area contributed by atoms with Crippen LogP contribution in [0.3, 0.4) is 0 Å². The average molecular weight is 496 g/mol. The molecule has 0 spiro atoms. The molecule has 1 aliphatic carbocycles. The summed E-state index contributed by atoms with van der Waals surface area (Å²) in [5, 5.41) is 0.497. The van der Waals surface area contributed by atoms with E-state index in [-0.39, 0.29) is 6.04 Å². The quantitative estimate of drug-likeness (QED) is 0.484. The van der Waals surface area contributed by atoms with Gasteiger partial charge in [-0.15, -0.1) is 0 Å². The zero-order valence-corrected chi connectivity index (χ0v) is 18.3. The monoisotopic (exact) mass is 495 g/mol. The van der Waals surface area contributed by atoms with E-state index in [2.05, 4.69) is 37.3 Å². The van der Waals surface area contributed by atoms with Crippen LogP contribution < -0.4 is 4.72 Å². The van der Waals surface area contributed by atoms with Gasteiger partial charge >= 0.3 is 0 Å². The lowest BCUT2D eigenvalue weighted by atomic mass is 9.84. The molecule has 1 fully saturated rings. The van der Waals surface area contributed by atoms with Crippen LogP contribution in [0.15, 0.2) is 12.1 Å². The highest BCUT2D eigenvalue weighted by molar-refractivity contribution is 14.1. The molecule has 1 aliphatic rings. The lowest BCUT2D eigenvalue weighted by Gasteiger charge is -2.31. The normalized spacial score (nSPS) is 22.4. The fraction of sp³-hybridized carbons (Fsp3) is 0.588. The third-order valence-corrected chi connectivity index (χ3v) is 8.40. The van der Waals surface area contributed by atoms with Crippen molar-refractivity contribution < 1.29 is 8.42 Å². The Balaban J connectivity index is 1.72. The minimum absolute atomic E-state index is 0.0232. The van der Waals surface area contributed by atoms with Gasteiger partial charge in [-0.1, -0.05) is 11.6 Å². The van der Waals surface area contributed by atoms with Gasteiger partial charge in [0, 0.05) is 17.7 Å². The van der Waals surface area contributed by atoms with Crippen LogP contribution in [0.4, 0.5) is 0 Å². The third-order valence-electron chi connectivity index (χ3n) is 4.84. The molecule has 2 heterocycles. The highest BCUT2D eigenvalue weighted by Crippen LogP contribution is 2.37. The average Bonchev–Trinajstić information content (AvgIpc) is 2.83. The first-order valence-corrected chi connectivity index (χ1v) is 11.4. The van der Waals surface area contributed by atoms with Gasteiger partial charge in [0.2, 0.25) is 10.0 Å². The molecule has 0 saturated heterocycles. The van der Waals surface area contributed by atoms with Crippen molar-refractivity contribution in [2.24, 2.45) is 0 Å². The van der Waals surface area contributed by atoms with Gasteiger partial charge in [0.05, 0.1) is 13.8 Å². The lowest BCUT2D eigenvalue weighted by Crippen LogP contribution is -2.45. The number of nitrogens with zero attached hydrogens (tertiary/aromatic N) is 1. The first-order valence-electron chi connectivity index (χ1n) is 8.44. The number of H-pyrrole nitrogens is 1. The van der Waals surface area contributed by atoms with Gasteiger partial charge < -0.3 is 4.98 Å². The third kappa shape index (κ3) is 3.99. The largest absolute Gasteiger partial charge is 0.356 e. The number of rotatable bonds is 3. The maximum Gasteiger partial charge on any atom is 0.216 e. The Morgan fingerprint density at radius 1 is 1.24 bits per heavy atom. The molecule has 0 bridgehead atoms. The molecule has 2 N–H and O–H groups in total. The number of pyridine rings is 1. The Morgan fingerprint density at radius 3 is 2.48 bits per heavy atom. The van der Waals surface area contributed by atoms with Crippen LogP contribution in [-0.2, 0) is 10.0 Å². The zero-order valence-electron chi connectivity index (χ0n) is 14.6. The highest BCUT2D eigenvalue weighted by atomic mass is 127. The SMILES string of the molecule is CC(C)(C)S(=O)(=O)NC1CCC(c2[nH]c3ccc(Cl)nc3c2I)CC1. The fourth-order valence-corrected chi connectivity index (χ4v) is 5.37. The van der Waals surface area contributed by atoms with E-state index in [0.717, 1.165) is 40.3 Å². The Kier molecular flexibility index (Phi) is 5.41. The molecular weight excluding hydrogens is 473 g/mol. The molecule has 1 saturated carbocycles. The minimum Gasteiger partial charge on any atom is -0.356 e. The minimum atomic E-state index is -3.30. The van der Waals surface area contributed by atoms with Crippen LogP contribution in [0.25, 0.3) is 11.0 Å². The second-order valence-corrected chi connectivity index (χ2v) is 11.6. The fourth-order valence-electron chi connectivity index (χ4n) is 3.21. The molecule has 0 amide bonds. The molecular formula is C17H23ClIN3O2S. The van der Waals surface area contributed by atoms with Gasteiger partial charge in [0.25, 0.3) is 0 Å². The van der Waals surface area contributed by atoms with Crippen molar-refractivity contribution >= 4 is 55.2 Å². The van der Waals surface area contributed by atoms with E-state index in [0.29, 0.717) is 11.1 Å². The number of sulfonamides is 1. The molecule has 5 nitrogen and oxygen atoms in total. The van der Waals surface area contributed by atoms with Crippen molar-refractivity contribution in [3.05, 3.63) is 26.5 Å². The van der Waals surface area contributed by atoms with Crippen molar-refractivity contribution in [3.8, 4) is 0 Å². The molecule has 3 rings (SSSR count). The van der Waals surface area contributed by atoms with E-state index >= 15 is 0 Å². The van der Waals surface area contributed by atoms with E-state index in [1.54, 1.807) is 26.8 Å². The van der Waals surface area contributed by atoms with Crippen molar-refractivity contribution in [1.29, 1.82) is 0 Å². The Morgan fingerprint density at radius 2 is 1.88 bits per heavy atom. The van der Waals surface area contributed by atoms with Gasteiger partial charge in [-0.05, 0) is 81.2 Å². The van der Waals surface area contributed by atoms with Gasteiger partial charge in [0.15, 0.2) is 0 Å². The molecule has 8 heteroatoms. The van der Waals surface area contributed by atoms with E-state index in [1.807, 2.05) is 6.07 Å². The zero-order chi connectivity index (χ0) is 18.4. The second-order valence-electron chi connectivity index (χ2n) is 7.67. The Labute approximate surface area is 167 Å². The van der Waals surface area contributed by atoms with Crippen LogP contribution in [0.5, 0.6) is 0 Å². The van der Waals surface area contributed by atoms with Gasteiger partial charge in [-0.2, -0.15) is 0 Å². The summed E-state index contributed by atoms with van der Waals surface area (Å²) in [7, 11) is -3.30. The number of halogens is 2. The van der Waals surface area contributed by atoms with E-state index in [1.165, 1.54) is 5.69 Å². The molecule has 0 aromatic carbocycles. The van der Waals surface area contributed by atoms with Crippen molar-refractivity contribution in [3.63, 3.8) is 0 Å². The number of hydrogen-bond donors (Lipinski definition) is 2. The molecule has 138 valence electrons. The molecule has 2 aromatic heterocycles. The first kappa shape index (κ1) is 19.4. The molecule has 25 heavy (non-hydrogen) atoms. The summed E-state index contributed by atoms with van der Waals surface area (Å²) in [5.41, 5.74) is 3.11. The predicted molar refractivity (Wildman–Crippen MR) is 111 cm³/mol. The maximum atomic E-state index is 12.3. The van der Waals surface area contributed by atoms with Gasteiger partial charge in [-0.25, -0.2) is 18.1 Å². The summed E-state index contributed by atoms with van der Waals surface area (Å²) < 4.78 is 27.9. The topological polar surface area (TPSA) is 74.8 Å². The summed E-state index contributed by atoms with van der Waals surface area (Å²) in [6.07, 6.45) is 3.60. The lowest BCUT2D eigenvalue weighted by molar-refractivity contribution is 0.367. The van der Waals surface area contributed by atoms with Crippen LogP contribution in [0.2, 0.25) is 5.15 Å². The highest BCUT2D eigenvalue weighted by Gasteiger charge is 2.33. The smallest absolute Gasteiger partial charge is 0.216 e. The molecule has 0 atom stereocenters. The van der Waals surface area contributed by atoms with E-state index in [4.69, 9.17) is 11.6 Å². The first-order chi connectivity index (χ1) is 11.6. The second kappa shape index (κ2) is 6.98. The molecule has 2 aromatic rings. The Hall–Kier alpha value is -0.380. The summed E-state index contributed by atoms with van der Waals surface area (Å²) in [5.74, 6) is 0.398. The maximum absolute atomic E-state index is 12.3. The van der Waals surface area contributed by atoms with Crippen LogP contribution in [-0.4, -0.2) is 29.2 Å². The standard InChI is InChI=1S/C17H23ClIN3O2S/c1-17(2,3)25(23,24)22-11-6-4-10(5-7-11)15-14(19)16-12(20-15)8-9-13(18)21-16/h8-11,20,22H,4-7H2,1-3H3. The van der Waals surface area contributed by atoms with Gasteiger partial charge in [-0.3, -0.25) is 0 Å². The van der Waals surface area contributed by atoms with Crippen molar-refractivity contribution in [2.45, 2.75) is 63.2 Å². The predicted octanol–water partition coefficient (Wildman–Crippen LogP) is 4.57. The number of aromatic amines is 1. The summed E-state index contributed by atoms with van der Waals surface area (Å²) in [6.45, 7) is 5.18. The van der Waals surface area contributed by atoms with Gasteiger partial charge in [0.1, 0.15) is 10.7 Å². The number of fused-ring (bicyclic) bond motifs is 1. The van der Waals surface area contributed by atoms with E-state index in [9.17, 15) is 8.42 Å². The van der Waals surface area contributed by atoms with Crippen molar-refractivity contribution in [2.75, 3.05) is 0 Å². The summed E-state index contributed by atoms with van der Waals surface area (Å²) in [4.78, 5) is 7.90. The molecule has 0 aliphatic heterocycles. The summed E-state index contributed by atoms with van der Waals surface area (Å²) >= 11 is 8.34. The van der Waals surface area contributed by atoms with Crippen LogP contribution in [0.1, 0.15) is 58.1 Å². The Bertz CT molecular complexity index is 881. The number of aromatic nitrogens is 2. The van der Waals surface area contributed by atoms with Crippen molar-refractivity contribution in [1.82, 2.24) is 14.7 Å².